The van der Waals surface area contributed by atoms with Crippen LogP contribution in [0.15, 0.2) is 12.2 Å². The number of carbonyl (C=O) groups is 2. The molecule has 1 aliphatic heterocycles. The van der Waals surface area contributed by atoms with Crippen molar-refractivity contribution >= 4 is 17.9 Å². The first-order chi connectivity index (χ1) is 10.1. The van der Waals surface area contributed by atoms with Crippen molar-refractivity contribution < 1.29 is 28.6 Å². The Labute approximate surface area is 129 Å². The third kappa shape index (κ3) is 2.04. The molecule has 1 aliphatic carbocycles. The van der Waals surface area contributed by atoms with E-state index in [1.54, 1.807) is 6.92 Å². The molecule has 0 aromatic rings. The topological polar surface area (TPSA) is 83.2 Å². The average Bonchev–Trinajstić information content (AvgIpc) is 2.73. The molecule has 0 amide bonds. The summed E-state index contributed by atoms with van der Waals surface area (Å²) in [5.41, 5.74) is -2.03. The van der Waals surface area contributed by atoms with Crippen molar-refractivity contribution in [2.75, 3.05) is 13.2 Å². The van der Waals surface area contributed by atoms with Crippen molar-refractivity contribution in [1.29, 1.82) is 0 Å². The molecular weight excluding hydrogens is 288 g/mol. The number of fused-ring (bicyclic) bond motifs is 2. The Morgan fingerprint density at radius 2 is 1.86 bits per heavy atom. The van der Waals surface area contributed by atoms with Gasteiger partial charge in [0.25, 0.3) is 5.60 Å². The summed E-state index contributed by atoms with van der Waals surface area (Å²) in [6.07, 6.45) is 1.15. The fourth-order valence-corrected chi connectivity index (χ4v) is 3.23. The van der Waals surface area contributed by atoms with Gasteiger partial charge in [0, 0.05) is 17.4 Å². The maximum atomic E-state index is 12.1. The molecule has 0 spiro atoms. The summed E-state index contributed by atoms with van der Waals surface area (Å²) in [6, 6.07) is 0. The summed E-state index contributed by atoms with van der Waals surface area (Å²) in [7, 11) is 0. The van der Waals surface area contributed by atoms with Crippen LogP contribution in [0.2, 0.25) is 0 Å². The molecule has 6 heteroatoms. The number of esters is 3. The van der Waals surface area contributed by atoms with E-state index in [0.29, 0.717) is 18.4 Å². The molecule has 2 unspecified atom stereocenters. The molecule has 1 N–H and O–H groups in total. The zero-order valence-corrected chi connectivity index (χ0v) is 13.5. The van der Waals surface area contributed by atoms with Gasteiger partial charge in [-0.2, -0.15) is 0 Å². The van der Waals surface area contributed by atoms with Crippen LogP contribution in [0.5, 0.6) is 0 Å². The van der Waals surface area contributed by atoms with Crippen LogP contribution in [0.1, 0.15) is 40.5 Å². The molecule has 122 valence electrons. The third-order valence-corrected chi connectivity index (χ3v) is 5.33. The van der Waals surface area contributed by atoms with E-state index in [2.05, 4.69) is 6.58 Å². The molecule has 0 radical (unpaired) electrons. The van der Waals surface area contributed by atoms with E-state index in [1.807, 2.05) is 20.8 Å². The van der Waals surface area contributed by atoms with E-state index in [1.165, 1.54) is 0 Å². The first-order valence-corrected chi connectivity index (χ1v) is 7.34. The molecule has 2 rings (SSSR count). The highest BCUT2D eigenvalue weighted by molar-refractivity contribution is 5.94. The Balaban J connectivity index is 1.97. The minimum Gasteiger partial charge on any atom is -0.456 e. The zero-order valence-electron chi connectivity index (χ0n) is 13.5. The van der Waals surface area contributed by atoms with Gasteiger partial charge in [-0.3, -0.25) is 4.79 Å². The second kappa shape index (κ2) is 5.11. The molecule has 1 heterocycles. The Morgan fingerprint density at radius 1 is 1.27 bits per heavy atom. The normalized spacial score (nSPS) is 31.5. The monoisotopic (exact) mass is 311 g/mol. The van der Waals surface area contributed by atoms with E-state index in [0.717, 1.165) is 0 Å². The molecular formula is C16H23O6+. The third-order valence-electron chi connectivity index (χ3n) is 5.33. The van der Waals surface area contributed by atoms with Crippen molar-refractivity contribution in [1.82, 2.24) is 0 Å². The van der Waals surface area contributed by atoms with Gasteiger partial charge in [-0.25, -0.2) is 4.79 Å². The Bertz CT molecular complexity index is 549. The second-order valence-corrected chi connectivity index (χ2v) is 6.74. The van der Waals surface area contributed by atoms with Crippen LogP contribution in [0, 0.1) is 10.8 Å². The molecule has 6 nitrogen and oxygen atoms in total. The zero-order chi connectivity index (χ0) is 16.8. The molecule has 1 saturated carbocycles. The van der Waals surface area contributed by atoms with E-state index in [9.17, 15) is 14.4 Å². The van der Waals surface area contributed by atoms with Crippen molar-refractivity contribution in [2.45, 2.75) is 46.1 Å². The maximum absolute atomic E-state index is 12.1. The standard InChI is InChI=1S/C16H22O6/c1-10(2)11(17)20-8-9-21-13(19)16-7-6-15(5,12(18)22-16)14(16,3)4/h1,6-9H2,2-5H3/p+1. The summed E-state index contributed by atoms with van der Waals surface area (Å²) in [5, 5.41) is 0. The van der Waals surface area contributed by atoms with Crippen molar-refractivity contribution in [3.8, 4) is 0 Å². The van der Waals surface area contributed by atoms with Gasteiger partial charge in [0.15, 0.2) is 6.61 Å². The van der Waals surface area contributed by atoms with E-state index < -0.39 is 22.4 Å². The number of hydrogen-bond donors (Lipinski definition) is 0. The van der Waals surface area contributed by atoms with Crippen LogP contribution < -0.4 is 0 Å². The highest BCUT2D eigenvalue weighted by Crippen LogP contribution is 2.65. The average molecular weight is 311 g/mol. The minimum atomic E-state index is -1.13. The van der Waals surface area contributed by atoms with Crippen LogP contribution in [0.25, 0.3) is 0 Å². The van der Waals surface area contributed by atoms with Gasteiger partial charge in [-0.15, -0.1) is 0 Å². The molecule has 2 atom stereocenters. The van der Waals surface area contributed by atoms with Gasteiger partial charge >= 0.3 is 17.9 Å². The second-order valence-electron chi connectivity index (χ2n) is 6.74. The highest BCUT2D eigenvalue weighted by Gasteiger charge is 2.79. The number of carbonyl (C=O) groups excluding carboxylic acids is 3. The van der Waals surface area contributed by atoms with E-state index in [4.69, 9.17) is 14.2 Å². The van der Waals surface area contributed by atoms with Gasteiger partial charge in [-0.05, 0) is 20.3 Å². The molecule has 2 bridgehead atoms. The number of rotatable bonds is 5. The molecule has 2 fully saturated rings. The summed E-state index contributed by atoms with van der Waals surface area (Å²) in [6.45, 7) is 10.6. The number of hydrogen-bond acceptors (Lipinski definition) is 5. The summed E-state index contributed by atoms with van der Waals surface area (Å²) < 4.78 is 15.7. The van der Waals surface area contributed by atoms with E-state index >= 15 is 0 Å². The fourth-order valence-electron chi connectivity index (χ4n) is 3.23. The van der Waals surface area contributed by atoms with Crippen molar-refractivity contribution in [3.63, 3.8) is 0 Å². The van der Waals surface area contributed by atoms with Crippen LogP contribution in [-0.2, 0) is 23.8 Å². The number of ether oxygens (including phenoxy) is 3. The smallest absolute Gasteiger partial charge is 0.456 e. The Morgan fingerprint density at radius 3 is 2.32 bits per heavy atom. The first-order valence-electron chi connectivity index (χ1n) is 7.34. The molecule has 0 aromatic carbocycles. The first kappa shape index (κ1) is 16.5. The molecule has 0 aromatic heterocycles. The van der Waals surface area contributed by atoms with Crippen molar-refractivity contribution in [3.05, 3.63) is 12.2 Å². The lowest BCUT2D eigenvalue weighted by Gasteiger charge is -2.31. The van der Waals surface area contributed by atoms with Gasteiger partial charge in [-0.1, -0.05) is 20.4 Å². The van der Waals surface area contributed by atoms with Gasteiger partial charge in [0.05, 0.1) is 5.41 Å². The van der Waals surface area contributed by atoms with Crippen LogP contribution in [-0.4, -0.2) is 41.5 Å². The molecule has 1 saturated heterocycles. The van der Waals surface area contributed by atoms with Crippen LogP contribution >= 0.6 is 0 Å². The van der Waals surface area contributed by atoms with Crippen LogP contribution in [0.3, 0.4) is 0 Å². The lowest BCUT2D eigenvalue weighted by atomic mass is 9.66. The molecule has 22 heavy (non-hydrogen) atoms. The molecule has 2 aliphatic rings. The highest BCUT2D eigenvalue weighted by atomic mass is 16.6. The maximum Gasteiger partial charge on any atom is 0.529 e. The van der Waals surface area contributed by atoms with Gasteiger partial charge < -0.3 is 19.0 Å². The SMILES string of the molecule is C=C(C)C(=O)OCCOC(=[OH+])C12CCC(C)(C(=O)O1)C2(C)C. The minimum absolute atomic E-state index is 0.0164. The quantitative estimate of drug-likeness (QED) is 0.254. The van der Waals surface area contributed by atoms with Crippen LogP contribution in [0.4, 0.5) is 0 Å². The van der Waals surface area contributed by atoms with Gasteiger partial charge in [0.1, 0.15) is 0 Å². The fraction of sp³-hybridized carbons (Fsp3) is 0.688. The lowest BCUT2D eigenvalue weighted by molar-refractivity contribution is -0.156. The van der Waals surface area contributed by atoms with Crippen molar-refractivity contribution in [2.24, 2.45) is 10.8 Å². The lowest BCUT2D eigenvalue weighted by Crippen LogP contribution is -2.49. The Hall–Kier alpha value is -1.85. The summed E-state index contributed by atoms with van der Waals surface area (Å²) in [5.74, 6) is -1.15. The summed E-state index contributed by atoms with van der Waals surface area (Å²) in [4.78, 5) is 33.7. The largest absolute Gasteiger partial charge is 0.529 e. The van der Waals surface area contributed by atoms with E-state index in [-0.39, 0.29) is 25.2 Å². The predicted molar refractivity (Wildman–Crippen MR) is 78.6 cm³/mol. The summed E-state index contributed by atoms with van der Waals surface area (Å²) >= 11 is 0. The Kier molecular flexibility index (Phi) is 3.83. The predicted octanol–water partition coefficient (Wildman–Crippen LogP) is 1.75. The van der Waals surface area contributed by atoms with Gasteiger partial charge in [0.2, 0.25) is 6.61 Å².